The topological polar surface area (TPSA) is 43.3 Å². The minimum Gasteiger partial charge on any atom is -0.383 e. The number of fused-ring (bicyclic) bond motifs is 1. The van der Waals surface area contributed by atoms with E-state index in [0.717, 1.165) is 6.07 Å². The second-order valence-corrected chi connectivity index (χ2v) is 4.55. The summed E-state index contributed by atoms with van der Waals surface area (Å²) in [5.41, 5.74) is 5.95. The summed E-state index contributed by atoms with van der Waals surface area (Å²) >= 11 is 5.96. The van der Waals surface area contributed by atoms with Crippen molar-refractivity contribution in [2.75, 3.05) is 5.73 Å². The first-order chi connectivity index (χ1) is 9.49. The van der Waals surface area contributed by atoms with E-state index in [1.54, 1.807) is 18.3 Å². The van der Waals surface area contributed by atoms with Crippen molar-refractivity contribution >= 4 is 23.1 Å². The number of pyridine rings is 1. The number of hydrogen-bond donors (Lipinski definition) is 1. The highest BCUT2D eigenvalue weighted by atomic mass is 35.5. The summed E-state index contributed by atoms with van der Waals surface area (Å²) < 4.78 is 41.4. The maximum absolute atomic E-state index is 13.8. The molecule has 0 saturated heterocycles. The van der Waals surface area contributed by atoms with Gasteiger partial charge in [0, 0.05) is 17.8 Å². The molecule has 7 heteroatoms. The van der Waals surface area contributed by atoms with Crippen LogP contribution in [0.15, 0.2) is 30.5 Å². The van der Waals surface area contributed by atoms with Gasteiger partial charge >= 0.3 is 0 Å². The summed E-state index contributed by atoms with van der Waals surface area (Å²) in [4.78, 5) is 4.09. The lowest BCUT2D eigenvalue weighted by atomic mass is 10.1. The Morgan fingerprint density at radius 3 is 2.50 bits per heavy atom. The summed E-state index contributed by atoms with van der Waals surface area (Å²) in [6.07, 6.45) is 1.59. The highest BCUT2D eigenvalue weighted by Gasteiger charge is 2.18. The quantitative estimate of drug-likeness (QED) is 0.697. The van der Waals surface area contributed by atoms with Crippen molar-refractivity contribution in [3.63, 3.8) is 0 Å². The molecular weight excluding hydrogens is 291 g/mol. The van der Waals surface area contributed by atoms with Crippen molar-refractivity contribution in [1.82, 2.24) is 9.38 Å². The van der Waals surface area contributed by atoms with Crippen LogP contribution in [0, 0.1) is 17.5 Å². The van der Waals surface area contributed by atoms with Gasteiger partial charge in [0.1, 0.15) is 17.3 Å². The summed E-state index contributed by atoms with van der Waals surface area (Å²) in [5.74, 6) is -3.31. The molecule has 3 aromatic rings. The summed E-state index contributed by atoms with van der Waals surface area (Å²) in [7, 11) is 0. The van der Waals surface area contributed by atoms with Crippen LogP contribution >= 0.6 is 11.6 Å². The molecule has 3 nitrogen and oxygen atoms in total. The third kappa shape index (κ3) is 1.80. The van der Waals surface area contributed by atoms with Crippen molar-refractivity contribution in [3.05, 3.63) is 52.9 Å². The third-order valence-electron chi connectivity index (χ3n) is 2.90. The summed E-state index contributed by atoms with van der Waals surface area (Å²) in [5, 5.41) is 0.313. The van der Waals surface area contributed by atoms with Crippen LogP contribution < -0.4 is 5.73 Å². The molecule has 0 saturated carbocycles. The second-order valence-electron chi connectivity index (χ2n) is 4.14. The molecule has 1 aromatic carbocycles. The minimum atomic E-state index is -1.27. The molecular formula is C13H7ClF3N3. The van der Waals surface area contributed by atoms with Crippen molar-refractivity contribution < 1.29 is 13.2 Å². The van der Waals surface area contributed by atoms with E-state index in [-0.39, 0.29) is 17.1 Å². The molecule has 0 unspecified atom stereocenters. The van der Waals surface area contributed by atoms with Gasteiger partial charge in [-0.25, -0.2) is 18.2 Å². The molecule has 0 fully saturated rings. The molecule has 2 heterocycles. The third-order valence-corrected chi connectivity index (χ3v) is 3.20. The monoisotopic (exact) mass is 297 g/mol. The number of nitrogens with two attached hydrogens (primary N) is 1. The van der Waals surface area contributed by atoms with E-state index in [2.05, 4.69) is 4.98 Å². The maximum Gasteiger partial charge on any atom is 0.161 e. The number of hydrogen-bond acceptors (Lipinski definition) is 2. The van der Waals surface area contributed by atoms with Gasteiger partial charge in [-0.3, -0.25) is 4.40 Å². The van der Waals surface area contributed by atoms with E-state index < -0.39 is 17.5 Å². The average molecular weight is 298 g/mol. The Morgan fingerprint density at radius 2 is 1.80 bits per heavy atom. The average Bonchev–Trinajstić information content (AvgIpc) is 2.73. The number of nitrogen functional groups attached to an aromatic ring is 1. The molecule has 0 bridgehead atoms. The Labute approximate surface area is 116 Å². The Kier molecular flexibility index (Phi) is 2.83. The van der Waals surface area contributed by atoms with Gasteiger partial charge in [-0.2, -0.15) is 0 Å². The van der Waals surface area contributed by atoms with Gasteiger partial charge < -0.3 is 5.73 Å². The van der Waals surface area contributed by atoms with Crippen LogP contribution in [-0.2, 0) is 0 Å². The Bertz CT molecular complexity index is 829. The van der Waals surface area contributed by atoms with Crippen LogP contribution in [0.3, 0.4) is 0 Å². The first-order valence-electron chi connectivity index (χ1n) is 5.56. The molecule has 0 amide bonds. The van der Waals surface area contributed by atoms with E-state index >= 15 is 0 Å². The van der Waals surface area contributed by atoms with E-state index in [1.807, 2.05) is 0 Å². The number of nitrogens with zero attached hydrogens (tertiary/aromatic N) is 2. The van der Waals surface area contributed by atoms with Gasteiger partial charge in [-0.1, -0.05) is 11.6 Å². The zero-order valence-corrected chi connectivity index (χ0v) is 10.6. The van der Waals surface area contributed by atoms with E-state index in [0.29, 0.717) is 16.7 Å². The largest absolute Gasteiger partial charge is 0.383 e. The molecule has 0 aliphatic carbocycles. The number of benzene rings is 1. The fourth-order valence-corrected chi connectivity index (χ4v) is 2.16. The van der Waals surface area contributed by atoms with Crippen LogP contribution in [0.2, 0.25) is 5.02 Å². The second kappa shape index (κ2) is 4.42. The SMILES string of the molecule is Nc1c(-c2cc(F)c(F)cc2F)nc2c(Cl)cccn12. The molecule has 2 aromatic heterocycles. The van der Waals surface area contributed by atoms with Gasteiger partial charge in [-0.05, 0) is 18.2 Å². The van der Waals surface area contributed by atoms with E-state index in [4.69, 9.17) is 17.3 Å². The van der Waals surface area contributed by atoms with Crippen molar-refractivity contribution in [3.8, 4) is 11.3 Å². The lowest BCUT2D eigenvalue weighted by Crippen LogP contribution is -1.96. The van der Waals surface area contributed by atoms with Gasteiger partial charge in [0.15, 0.2) is 17.3 Å². The lowest BCUT2D eigenvalue weighted by Gasteiger charge is -2.02. The molecule has 3 rings (SSSR count). The molecule has 102 valence electrons. The number of aromatic nitrogens is 2. The fraction of sp³-hybridized carbons (Fsp3) is 0. The minimum absolute atomic E-state index is 0.00880. The van der Waals surface area contributed by atoms with Gasteiger partial charge in [-0.15, -0.1) is 0 Å². The highest BCUT2D eigenvalue weighted by molar-refractivity contribution is 6.33. The number of imidazole rings is 1. The van der Waals surface area contributed by atoms with Crippen molar-refractivity contribution in [1.29, 1.82) is 0 Å². The van der Waals surface area contributed by atoms with Crippen LogP contribution in [0.1, 0.15) is 0 Å². The molecule has 0 aliphatic rings. The van der Waals surface area contributed by atoms with Gasteiger partial charge in [0.05, 0.1) is 5.02 Å². The predicted molar refractivity (Wildman–Crippen MR) is 69.9 cm³/mol. The standard InChI is InChI=1S/C13H7ClF3N3/c14-7-2-1-3-20-12(18)11(19-13(7)20)6-4-9(16)10(17)5-8(6)15/h1-5H,18H2. The number of anilines is 1. The molecule has 2 N–H and O–H groups in total. The molecule has 0 spiro atoms. The Morgan fingerprint density at radius 1 is 1.10 bits per heavy atom. The van der Waals surface area contributed by atoms with Crippen molar-refractivity contribution in [2.24, 2.45) is 0 Å². The first kappa shape index (κ1) is 12.8. The summed E-state index contributed by atoms with van der Waals surface area (Å²) in [6.45, 7) is 0. The predicted octanol–water partition coefficient (Wildman–Crippen LogP) is 3.65. The number of rotatable bonds is 1. The number of halogens is 4. The highest BCUT2D eigenvalue weighted by Crippen LogP contribution is 2.31. The van der Waals surface area contributed by atoms with E-state index in [9.17, 15) is 13.2 Å². The van der Waals surface area contributed by atoms with Crippen LogP contribution in [0.5, 0.6) is 0 Å². The fourth-order valence-electron chi connectivity index (χ4n) is 1.95. The van der Waals surface area contributed by atoms with Crippen LogP contribution in [0.25, 0.3) is 16.9 Å². The van der Waals surface area contributed by atoms with E-state index in [1.165, 1.54) is 4.40 Å². The Hall–Kier alpha value is -2.21. The molecule has 20 heavy (non-hydrogen) atoms. The van der Waals surface area contributed by atoms with Crippen LogP contribution in [0.4, 0.5) is 19.0 Å². The molecule has 0 aliphatic heterocycles. The molecule has 0 atom stereocenters. The summed E-state index contributed by atoms with van der Waals surface area (Å²) in [6, 6.07) is 4.40. The zero-order chi connectivity index (χ0) is 14.4. The zero-order valence-electron chi connectivity index (χ0n) is 9.87. The van der Waals surface area contributed by atoms with Gasteiger partial charge in [0.25, 0.3) is 0 Å². The Balaban J connectivity index is 2.33. The van der Waals surface area contributed by atoms with Gasteiger partial charge in [0.2, 0.25) is 0 Å². The first-order valence-corrected chi connectivity index (χ1v) is 5.94. The van der Waals surface area contributed by atoms with Crippen molar-refractivity contribution in [2.45, 2.75) is 0 Å². The smallest absolute Gasteiger partial charge is 0.161 e. The maximum atomic E-state index is 13.8. The van der Waals surface area contributed by atoms with Crippen LogP contribution in [-0.4, -0.2) is 9.38 Å². The molecule has 0 radical (unpaired) electrons. The normalized spacial score (nSPS) is 11.2. The lowest BCUT2D eigenvalue weighted by molar-refractivity contribution is 0.496.